The first-order chi connectivity index (χ1) is 6.64. The van der Waals surface area contributed by atoms with Crippen LogP contribution in [0, 0.1) is 0 Å². The maximum atomic E-state index is 11.3. The highest BCUT2D eigenvalue weighted by Gasteiger charge is 2.40. The molecular formula is C9H20O4Si. The van der Waals surface area contributed by atoms with Crippen molar-refractivity contribution in [3.05, 3.63) is 0 Å². The first-order valence-electron chi connectivity index (χ1n) is 4.96. The average Bonchev–Trinajstić information content (AvgIpc) is 2.23. The van der Waals surface area contributed by atoms with Crippen LogP contribution in [-0.2, 0) is 18.1 Å². The zero-order chi connectivity index (χ0) is 11.0. The summed E-state index contributed by atoms with van der Waals surface area (Å²) in [6.07, 6.45) is 2.27. The molecule has 4 nitrogen and oxygen atoms in total. The van der Waals surface area contributed by atoms with Crippen LogP contribution in [0.3, 0.4) is 0 Å². The van der Waals surface area contributed by atoms with E-state index >= 15 is 0 Å². The quantitative estimate of drug-likeness (QED) is 0.615. The molecule has 0 aliphatic carbocycles. The van der Waals surface area contributed by atoms with Crippen molar-refractivity contribution in [2.45, 2.75) is 39.2 Å². The van der Waals surface area contributed by atoms with Crippen molar-refractivity contribution in [3.8, 4) is 0 Å². The summed E-state index contributed by atoms with van der Waals surface area (Å²) in [4.78, 5) is 11.3. The molecule has 14 heavy (non-hydrogen) atoms. The number of carbonyl (C=O) groups is 1. The molecule has 0 fully saturated rings. The van der Waals surface area contributed by atoms with E-state index in [9.17, 15) is 4.79 Å². The van der Waals surface area contributed by atoms with Crippen LogP contribution in [0.1, 0.15) is 33.1 Å². The smallest absolute Gasteiger partial charge is 0.473 e. The van der Waals surface area contributed by atoms with Gasteiger partial charge >= 0.3 is 8.80 Å². The molecule has 0 aromatic rings. The Hall–Kier alpha value is -0.393. The maximum Gasteiger partial charge on any atom is 0.567 e. The van der Waals surface area contributed by atoms with E-state index < -0.39 is 8.80 Å². The van der Waals surface area contributed by atoms with Crippen LogP contribution in [0.2, 0.25) is 6.04 Å². The van der Waals surface area contributed by atoms with Gasteiger partial charge in [-0.25, -0.2) is 0 Å². The molecule has 0 atom stereocenters. The van der Waals surface area contributed by atoms with E-state index in [1.54, 1.807) is 0 Å². The third-order valence-corrected chi connectivity index (χ3v) is 4.71. The third-order valence-electron chi connectivity index (χ3n) is 2.06. The zero-order valence-corrected chi connectivity index (χ0v) is 10.5. The highest BCUT2D eigenvalue weighted by molar-refractivity contribution is 6.62. The molecule has 0 spiro atoms. The predicted octanol–water partition coefficient (Wildman–Crippen LogP) is 1.97. The summed E-state index contributed by atoms with van der Waals surface area (Å²) in [5.41, 5.74) is 0. The Bertz CT molecular complexity index is 160. The second kappa shape index (κ2) is 6.97. The topological polar surface area (TPSA) is 44.8 Å². The SMILES string of the molecule is CCCCC(=O)O[Si](CC)(OC)OC. The summed E-state index contributed by atoms with van der Waals surface area (Å²) in [5, 5.41) is 0. The second-order valence-corrected chi connectivity index (χ2v) is 6.12. The van der Waals surface area contributed by atoms with Gasteiger partial charge in [-0.05, 0) is 6.42 Å². The highest BCUT2D eigenvalue weighted by atomic mass is 28.4. The van der Waals surface area contributed by atoms with Crippen LogP contribution in [0.25, 0.3) is 0 Å². The Kier molecular flexibility index (Phi) is 6.78. The first kappa shape index (κ1) is 13.6. The van der Waals surface area contributed by atoms with Crippen LogP contribution < -0.4 is 0 Å². The molecule has 0 heterocycles. The van der Waals surface area contributed by atoms with Gasteiger partial charge in [-0.15, -0.1) is 0 Å². The van der Waals surface area contributed by atoms with Gasteiger partial charge in [0.2, 0.25) is 0 Å². The van der Waals surface area contributed by atoms with Crippen molar-refractivity contribution in [3.63, 3.8) is 0 Å². The monoisotopic (exact) mass is 220 g/mol. The lowest BCUT2D eigenvalue weighted by atomic mass is 10.3. The van der Waals surface area contributed by atoms with Crippen LogP contribution in [0.5, 0.6) is 0 Å². The lowest BCUT2D eigenvalue weighted by Gasteiger charge is -2.24. The summed E-state index contributed by atoms with van der Waals surface area (Å²) in [5.74, 6) is -0.218. The average molecular weight is 220 g/mol. The van der Waals surface area contributed by atoms with Gasteiger partial charge in [-0.2, -0.15) is 0 Å². The molecule has 0 aliphatic heterocycles. The summed E-state index contributed by atoms with van der Waals surface area (Å²) in [7, 11) is 0.360. The van der Waals surface area contributed by atoms with Crippen LogP contribution in [0.4, 0.5) is 0 Å². The molecule has 0 aliphatic rings. The molecule has 84 valence electrons. The molecule has 0 bridgehead atoms. The highest BCUT2D eigenvalue weighted by Crippen LogP contribution is 2.14. The molecule has 5 heteroatoms. The Labute approximate surface area is 86.9 Å². The van der Waals surface area contributed by atoms with Crippen LogP contribution in [-0.4, -0.2) is 29.0 Å². The third kappa shape index (κ3) is 4.21. The molecule has 0 aromatic carbocycles. The lowest BCUT2D eigenvalue weighted by Crippen LogP contribution is -2.44. The van der Waals surface area contributed by atoms with Gasteiger partial charge in [0.05, 0.1) is 0 Å². The fourth-order valence-electron chi connectivity index (χ4n) is 1.07. The Morgan fingerprint density at radius 3 is 2.14 bits per heavy atom. The van der Waals surface area contributed by atoms with E-state index in [-0.39, 0.29) is 5.97 Å². The van der Waals surface area contributed by atoms with Gasteiger partial charge < -0.3 is 13.3 Å². The minimum Gasteiger partial charge on any atom is -0.473 e. The van der Waals surface area contributed by atoms with E-state index in [0.29, 0.717) is 12.5 Å². The Morgan fingerprint density at radius 1 is 1.21 bits per heavy atom. The summed E-state index contributed by atoms with van der Waals surface area (Å²) in [6.45, 7) is 3.93. The van der Waals surface area contributed by atoms with Crippen molar-refractivity contribution < 1.29 is 18.1 Å². The summed E-state index contributed by atoms with van der Waals surface area (Å²) >= 11 is 0. The molecule has 0 amide bonds. The van der Waals surface area contributed by atoms with Gasteiger partial charge in [-0.1, -0.05) is 20.3 Å². The van der Waals surface area contributed by atoms with Crippen molar-refractivity contribution in [1.82, 2.24) is 0 Å². The molecule has 0 rings (SSSR count). The minimum atomic E-state index is -2.68. The fraction of sp³-hybridized carbons (Fsp3) is 0.889. The van der Waals surface area contributed by atoms with Crippen LogP contribution >= 0.6 is 0 Å². The zero-order valence-electron chi connectivity index (χ0n) is 9.46. The van der Waals surface area contributed by atoms with E-state index in [1.807, 2.05) is 13.8 Å². The van der Waals surface area contributed by atoms with E-state index in [2.05, 4.69) is 0 Å². The maximum absolute atomic E-state index is 11.3. The standard InChI is InChI=1S/C9H20O4Si/c1-5-7-8-9(10)13-14(6-2,11-3)12-4/h5-8H2,1-4H3. The minimum absolute atomic E-state index is 0.218. The Balaban J connectivity index is 4.08. The molecule has 0 saturated heterocycles. The van der Waals surface area contributed by atoms with Crippen LogP contribution in [0.15, 0.2) is 0 Å². The Morgan fingerprint density at radius 2 is 1.79 bits per heavy atom. The van der Waals surface area contributed by atoms with Gasteiger partial charge in [0, 0.05) is 26.7 Å². The number of rotatable bonds is 7. The van der Waals surface area contributed by atoms with Gasteiger partial charge in [0.25, 0.3) is 5.97 Å². The number of hydrogen-bond acceptors (Lipinski definition) is 4. The molecule has 0 unspecified atom stereocenters. The van der Waals surface area contributed by atoms with Crippen molar-refractivity contribution in [2.24, 2.45) is 0 Å². The number of carbonyl (C=O) groups excluding carboxylic acids is 1. The second-order valence-electron chi connectivity index (χ2n) is 3.02. The van der Waals surface area contributed by atoms with E-state index in [1.165, 1.54) is 14.2 Å². The van der Waals surface area contributed by atoms with Gasteiger partial charge in [0.1, 0.15) is 0 Å². The van der Waals surface area contributed by atoms with Gasteiger partial charge in [-0.3, -0.25) is 4.79 Å². The fourth-order valence-corrected chi connectivity index (χ4v) is 2.58. The van der Waals surface area contributed by atoms with Crippen molar-refractivity contribution in [1.29, 1.82) is 0 Å². The normalized spacial score (nSPS) is 11.4. The van der Waals surface area contributed by atoms with Gasteiger partial charge in [0.15, 0.2) is 0 Å². The molecule has 0 N–H and O–H groups in total. The predicted molar refractivity (Wildman–Crippen MR) is 55.9 cm³/mol. The molecular weight excluding hydrogens is 200 g/mol. The molecule has 0 saturated carbocycles. The molecule has 0 radical (unpaired) electrons. The summed E-state index contributed by atoms with van der Waals surface area (Å²) in [6, 6.07) is 0.609. The lowest BCUT2D eigenvalue weighted by molar-refractivity contribution is -0.138. The largest absolute Gasteiger partial charge is 0.567 e. The summed E-state index contributed by atoms with van der Waals surface area (Å²) < 4.78 is 15.6. The van der Waals surface area contributed by atoms with E-state index in [0.717, 1.165) is 12.8 Å². The number of unbranched alkanes of at least 4 members (excludes halogenated alkanes) is 1. The van der Waals surface area contributed by atoms with Crippen molar-refractivity contribution in [2.75, 3.05) is 14.2 Å². The number of hydrogen-bond donors (Lipinski definition) is 0. The molecule has 0 aromatic heterocycles. The van der Waals surface area contributed by atoms with Crippen molar-refractivity contribution >= 4 is 14.8 Å². The first-order valence-corrected chi connectivity index (χ1v) is 6.89. The van der Waals surface area contributed by atoms with E-state index in [4.69, 9.17) is 13.3 Å².